The molecule has 0 aromatic heterocycles. The molecule has 6 nitrogen and oxygen atoms in total. The third kappa shape index (κ3) is 4.63. The van der Waals surface area contributed by atoms with E-state index in [2.05, 4.69) is 10.0 Å². The number of hydrogen-bond acceptors (Lipinski definition) is 5. The summed E-state index contributed by atoms with van der Waals surface area (Å²) in [7, 11) is -4.10. The number of carbonyl (C=O) groups excluding carboxylic acids is 2. The summed E-state index contributed by atoms with van der Waals surface area (Å²) in [6, 6.07) is 9.04. The molecular weight excluding hydrogens is 408 g/mol. The number of benzene rings is 2. The Morgan fingerprint density at radius 3 is 2.63 bits per heavy atom. The number of anilines is 1. The number of thioether (sulfide) groups is 1. The van der Waals surface area contributed by atoms with Crippen LogP contribution in [0, 0.1) is 0 Å². The molecule has 0 spiro atoms. The first-order chi connectivity index (χ1) is 12.8. The zero-order valence-corrected chi connectivity index (χ0v) is 16.8. The van der Waals surface area contributed by atoms with Gasteiger partial charge in [-0.05, 0) is 60.6 Å². The molecule has 1 aliphatic heterocycles. The van der Waals surface area contributed by atoms with Gasteiger partial charge in [-0.15, -0.1) is 11.8 Å². The third-order valence-electron chi connectivity index (χ3n) is 3.96. The first-order valence-electron chi connectivity index (χ1n) is 8.16. The van der Waals surface area contributed by atoms with Crippen molar-refractivity contribution in [1.82, 2.24) is 4.72 Å². The van der Waals surface area contributed by atoms with E-state index in [1.165, 1.54) is 25.1 Å². The summed E-state index contributed by atoms with van der Waals surface area (Å²) in [4.78, 5) is 24.5. The van der Waals surface area contributed by atoms with E-state index in [0.717, 1.165) is 29.1 Å². The van der Waals surface area contributed by atoms with Crippen LogP contribution in [0.3, 0.4) is 0 Å². The third-order valence-corrected chi connectivity index (χ3v) is 6.80. The van der Waals surface area contributed by atoms with E-state index < -0.39 is 15.9 Å². The Balaban J connectivity index is 1.80. The molecule has 0 unspecified atom stereocenters. The maximum atomic E-state index is 12.5. The minimum Gasteiger partial charge on any atom is -0.325 e. The molecule has 0 aliphatic carbocycles. The van der Waals surface area contributed by atoms with Crippen molar-refractivity contribution in [1.29, 1.82) is 0 Å². The number of nitrogens with one attached hydrogen (secondary N) is 2. The standard InChI is InChI=1S/C18H17ClN2O4S2/c1-11(22)20-16-6-5-14(10-15(16)19)27(24,25)21-18(23)13-4-7-17-12(9-13)3-2-8-26-17/h4-7,9-10H,2-3,8H2,1H3,(H,20,22)(H,21,23). The smallest absolute Gasteiger partial charge is 0.265 e. The van der Waals surface area contributed by atoms with Crippen LogP contribution in [0.4, 0.5) is 5.69 Å². The zero-order valence-electron chi connectivity index (χ0n) is 14.4. The van der Waals surface area contributed by atoms with Gasteiger partial charge < -0.3 is 5.32 Å². The molecule has 9 heteroatoms. The highest BCUT2D eigenvalue weighted by molar-refractivity contribution is 7.99. The topological polar surface area (TPSA) is 92.3 Å². The zero-order chi connectivity index (χ0) is 19.6. The average Bonchev–Trinajstić information content (AvgIpc) is 2.62. The SMILES string of the molecule is CC(=O)Nc1ccc(S(=O)(=O)NC(=O)c2ccc3c(c2)CCCS3)cc1Cl. The van der Waals surface area contributed by atoms with Crippen molar-refractivity contribution in [2.75, 3.05) is 11.1 Å². The van der Waals surface area contributed by atoms with Crippen LogP contribution in [-0.2, 0) is 21.2 Å². The van der Waals surface area contributed by atoms with E-state index in [9.17, 15) is 18.0 Å². The number of sulfonamides is 1. The van der Waals surface area contributed by atoms with E-state index in [0.29, 0.717) is 11.3 Å². The second-order valence-corrected chi connectivity index (χ2v) is 9.26. The van der Waals surface area contributed by atoms with Gasteiger partial charge in [0.1, 0.15) is 0 Å². The lowest BCUT2D eigenvalue weighted by molar-refractivity contribution is -0.114. The van der Waals surface area contributed by atoms with Gasteiger partial charge in [0.2, 0.25) is 5.91 Å². The van der Waals surface area contributed by atoms with Gasteiger partial charge in [-0.2, -0.15) is 0 Å². The van der Waals surface area contributed by atoms with Crippen LogP contribution in [0.25, 0.3) is 0 Å². The average molecular weight is 425 g/mol. The first-order valence-corrected chi connectivity index (χ1v) is 11.0. The molecule has 1 heterocycles. The van der Waals surface area contributed by atoms with Crippen LogP contribution in [0.5, 0.6) is 0 Å². The fraction of sp³-hybridized carbons (Fsp3) is 0.222. The molecule has 0 saturated heterocycles. The number of amides is 2. The van der Waals surface area contributed by atoms with Crippen LogP contribution in [0.2, 0.25) is 5.02 Å². The Kier molecular flexibility index (Phi) is 5.78. The quantitative estimate of drug-likeness (QED) is 0.784. The summed E-state index contributed by atoms with van der Waals surface area (Å²) in [5.74, 6) is 0.0177. The summed E-state index contributed by atoms with van der Waals surface area (Å²) < 4.78 is 27.1. The largest absolute Gasteiger partial charge is 0.325 e. The van der Waals surface area contributed by atoms with E-state index in [1.54, 1.807) is 23.9 Å². The summed E-state index contributed by atoms with van der Waals surface area (Å²) in [5, 5.41) is 2.55. The molecule has 2 aromatic rings. The lowest BCUT2D eigenvalue weighted by Crippen LogP contribution is -2.30. The molecule has 2 aromatic carbocycles. The van der Waals surface area contributed by atoms with Gasteiger partial charge in [-0.1, -0.05) is 11.6 Å². The molecule has 0 radical (unpaired) electrons. The molecule has 3 rings (SSSR count). The Bertz CT molecular complexity index is 1020. The number of aryl methyl sites for hydroxylation is 1. The lowest BCUT2D eigenvalue weighted by Gasteiger charge is -2.16. The van der Waals surface area contributed by atoms with Crippen LogP contribution < -0.4 is 10.0 Å². The minimum atomic E-state index is -4.10. The second kappa shape index (κ2) is 7.92. The van der Waals surface area contributed by atoms with Gasteiger partial charge in [0.25, 0.3) is 15.9 Å². The Labute approximate surface area is 166 Å². The number of fused-ring (bicyclic) bond motifs is 1. The molecule has 142 valence electrons. The molecule has 0 bridgehead atoms. The van der Waals surface area contributed by atoms with E-state index in [-0.39, 0.29) is 15.8 Å². The molecule has 2 N–H and O–H groups in total. The van der Waals surface area contributed by atoms with Crippen molar-refractivity contribution in [2.24, 2.45) is 0 Å². The Morgan fingerprint density at radius 2 is 1.93 bits per heavy atom. The normalized spacial score (nSPS) is 13.6. The van der Waals surface area contributed by atoms with E-state index in [4.69, 9.17) is 11.6 Å². The number of carbonyl (C=O) groups is 2. The highest BCUT2D eigenvalue weighted by Gasteiger charge is 2.21. The fourth-order valence-corrected chi connectivity index (χ4v) is 5.01. The summed E-state index contributed by atoms with van der Waals surface area (Å²) >= 11 is 7.75. The lowest BCUT2D eigenvalue weighted by atomic mass is 10.1. The van der Waals surface area contributed by atoms with Crippen molar-refractivity contribution in [3.05, 3.63) is 52.5 Å². The van der Waals surface area contributed by atoms with Crippen LogP contribution in [0.1, 0.15) is 29.3 Å². The maximum Gasteiger partial charge on any atom is 0.265 e. The number of rotatable bonds is 4. The highest BCUT2D eigenvalue weighted by Crippen LogP contribution is 2.30. The molecule has 0 atom stereocenters. The number of halogens is 1. The Morgan fingerprint density at radius 1 is 1.15 bits per heavy atom. The van der Waals surface area contributed by atoms with Gasteiger partial charge in [0.05, 0.1) is 15.6 Å². The predicted octanol–water partition coefficient (Wildman–Crippen LogP) is 3.46. The van der Waals surface area contributed by atoms with Crippen molar-refractivity contribution in [3.8, 4) is 0 Å². The van der Waals surface area contributed by atoms with Gasteiger partial charge in [-0.25, -0.2) is 13.1 Å². The predicted molar refractivity (Wildman–Crippen MR) is 106 cm³/mol. The summed E-state index contributed by atoms with van der Waals surface area (Å²) in [6.07, 6.45) is 1.90. The molecule has 2 amide bonds. The van der Waals surface area contributed by atoms with Gasteiger partial charge in [-0.3, -0.25) is 9.59 Å². The summed E-state index contributed by atoms with van der Waals surface area (Å²) in [6.45, 7) is 1.32. The maximum absolute atomic E-state index is 12.5. The van der Waals surface area contributed by atoms with Crippen LogP contribution >= 0.6 is 23.4 Å². The number of hydrogen-bond donors (Lipinski definition) is 2. The van der Waals surface area contributed by atoms with Gasteiger partial charge in [0.15, 0.2) is 0 Å². The first kappa shape index (κ1) is 19.7. The summed E-state index contributed by atoms with van der Waals surface area (Å²) in [5.41, 5.74) is 1.64. The van der Waals surface area contributed by atoms with Crippen molar-refractivity contribution in [2.45, 2.75) is 29.6 Å². The van der Waals surface area contributed by atoms with Crippen LogP contribution in [0.15, 0.2) is 46.2 Å². The fourth-order valence-electron chi connectivity index (χ4n) is 2.70. The molecular formula is C18H17ClN2O4S2. The monoisotopic (exact) mass is 424 g/mol. The molecule has 27 heavy (non-hydrogen) atoms. The van der Waals surface area contributed by atoms with Crippen LogP contribution in [-0.4, -0.2) is 26.0 Å². The van der Waals surface area contributed by atoms with Crippen molar-refractivity contribution in [3.63, 3.8) is 0 Å². The van der Waals surface area contributed by atoms with Crippen molar-refractivity contribution >= 4 is 50.9 Å². The van der Waals surface area contributed by atoms with E-state index >= 15 is 0 Å². The highest BCUT2D eigenvalue weighted by atomic mass is 35.5. The molecule has 1 aliphatic rings. The molecule has 0 saturated carbocycles. The minimum absolute atomic E-state index is 0.0614. The molecule has 0 fully saturated rings. The second-order valence-electron chi connectivity index (χ2n) is 6.03. The van der Waals surface area contributed by atoms with Gasteiger partial charge in [0, 0.05) is 17.4 Å². The van der Waals surface area contributed by atoms with Gasteiger partial charge >= 0.3 is 0 Å². The van der Waals surface area contributed by atoms with E-state index in [1.807, 2.05) is 6.07 Å². The Hall–Kier alpha value is -2.03. The van der Waals surface area contributed by atoms with Crippen molar-refractivity contribution < 1.29 is 18.0 Å².